The molecule has 0 saturated carbocycles. The van der Waals surface area contributed by atoms with Crippen LogP contribution in [0.1, 0.15) is 23.7 Å². The number of hydrogen-bond acceptors (Lipinski definition) is 2. The Labute approximate surface area is 102 Å². The smallest absolute Gasteiger partial charge is 0.0793 e. The Morgan fingerprint density at radius 3 is 2.29 bits per heavy atom. The molecule has 2 nitrogen and oxygen atoms in total. The Kier molecular flexibility index (Phi) is 3.78. The van der Waals surface area contributed by atoms with E-state index in [4.69, 9.17) is 5.73 Å². The van der Waals surface area contributed by atoms with E-state index in [0.29, 0.717) is 6.42 Å². The van der Waals surface area contributed by atoms with E-state index in [1.165, 1.54) is 0 Å². The second-order valence-electron chi connectivity index (χ2n) is 4.16. The van der Waals surface area contributed by atoms with Crippen molar-refractivity contribution in [2.24, 2.45) is 0 Å². The predicted molar refractivity (Wildman–Crippen MR) is 70.6 cm³/mol. The molecule has 0 heterocycles. The summed E-state index contributed by atoms with van der Waals surface area (Å²) in [5, 5.41) is 10.0. The van der Waals surface area contributed by atoms with Gasteiger partial charge in [0.05, 0.1) is 6.10 Å². The van der Waals surface area contributed by atoms with Crippen molar-refractivity contribution >= 4 is 5.69 Å². The second-order valence-corrected chi connectivity index (χ2v) is 4.16. The third-order valence-electron chi connectivity index (χ3n) is 2.93. The van der Waals surface area contributed by atoms with Gasteiger partial charge in [0.25, 0.3) is 0 Å². The molecule has 88 valence electrons. The van der Waals surface area contributed by atoms with E-state index in [2.05, 4.69) is 0 Å². The fraction of sp³-hybridized carbons (Fsp3) is 0.200. The zero-order chi connectivity index (χ0) is 12.1. The van der Waals surface area contributed by atoms with Crippen LogP contribution in [0.5, 0.6) is 0 Å². The molecule has 0 aliphatic rings. The van der Waals surface area contributed by atoms with Gasteiger partial charge in [-0.3, -0.25) is 0 Å². The van der Waals surface area contributed by atoms with E-state index < -0.39 is 6.10 Å². The van der Waals surface area contributed by atoms with Crippen LogP contribution in [-0.2, 0) is 6.42 Å². The number of aliphatic hydroxyl groups excluding tert-OH is 1. The minimum absolute atomic E-state index is 0.421. The van der Waals surface area contributed by atoms with Gasteiger partial charge < -0.3 is 10.8 Å². The fourth-order valence-corrected chi connectivity index (χ4v) is 1.90. The lowest BCUT2D eigenvalue weighted by molar-refractivity contribution is 0.168. The van der Waals surface area contributed by atoms with Crippen LogP contribution in [0.2, 0.25) is 0 Å². The molecule has 0 bridgehead atoms. The quantitative estimate of drug-likeness (QED) is 0.789. The van der Waals surface area contributed by atoms with Crippen molar-refractivity contribution in [3.05, 3.63) is 65.7 Å². The summed E-state index contributed by atoms with van der Waals surface area (Å²) < 4.78 is 0. The van der Waals surface area contributed by atoms with Crippen molar-refractivity contribution in [1.82, 2.24) is 0 Å². The van der Waals surface area contributed by atoms with Gasteiger partial charge in [-0.25, -0.2) is 0 Å². The summed E-state index contributed by atoms with van der Waals surface area (Å²) in [5.41, 5.74) is 8.72. The van der Waals surface area contributed by atoms with Crippen LogP contribution in [-0.4, -0.2) is 5.11 Å². The zero-order valence-corrected chi connectivity index (χ0v) is 9.71. The van der Waals surface area contributed by atoms with E-state index in [-0.39, 0.29) is 0 Å². The Balaban J connectivity index is 1.97. The highest BCUT2D eigenvalue weighted by molar-refractivity contribution is 5.46. The Hall–Kier alpha value is -1.80. The molecule has 2 aromatic carbocycles. The highest BCUT2D eigenvalue weighted by Gasteiger charge is 2.07. The molecule has 2 heteroatoms. The van der Waals surface area contributed by atoms with Gasteiger partial charge >= 0.3 is 0 Å². The van der Waals surface area contributed by atoms with Gasteiger partial charge in [-0.05, 0) is 30.0 Å². The lowest BCUT2D eigenvalue weighted by atomic mass is 10.0. The van der Waals surface area contributed by atoms with Crippen LogP contribution in [0.25, 0.3) is 0 Å². The molecular weight excluding hydrogens is 210 g/mol. The largest absolute Gasteiger partial charge is 0.399 e. The minimum atomic E-state index is -0.421. The first kappa shape index (κ1) is 11.7. The Morgan fingerprint density at radius 1 is 0.941 bits per heavy atom. The van der Waals surface area contributed by atoms with Crippen LogP contribution >= 0.6 is 0 Å². The molecule has 0 aromatic heterocycles. The second kappa shape index (κ2) is 5.51. The molecule has 2 rings (SSSR count). The third-order valence-corrected chi connectivity index (χ3v) is 2.93. The van der Waals surface area contributed by atoms with Gasteiger partial charge in [0, 0.05) is 5.69 Å². The number of nitrogens with two attached hydrogens (primary N) is 1. The van der Waals surface area contributed by atoms with Gasteiger partial charge in [0.2, 0.25) is 0 Å². The number of benzene rings is 2. The van der Waals surface area contributed by atoms with Gasteiger partial charge in [-0.2, -0.15) is 0 Å². The monoisotopic (exact) mass is 227 g/mol. The first-order valence-electron chi connectivity index (χ1n) is 5.84. The van der Waals surface area contributed by atoms with Gasteiger partial charge in [0.15, 0.2) is 0 Å². The average molecular weight is 227 g/mol. The van der Waals surface area contributed by atoms with Gasteiger partial charge in [-0.1, -0.05) is 48.5 Å². The van der Waals surface area contributed by atoms with Crippen LogP contribution in [0, 0.1) is 0 Å². The van der Waals surface area contributed by atoms with Crippen LogP contribution in [0.15, 0.2) is 54.6 Å². The fourth-order valence-electron chi connectivity index (χ4n) is 1.90. The lowest BCUT2D eigenvalue weighted by Crippen LogP contribution is -2.01. The molecule has 2 aromatic rings. The van der Waals surface area contributed by atoms with E-state index in [1.807, 2.05) is 54.6 Å². The van der Waals surface area contributed by atoms with E-state index in [9.17, 15) is 5.11 Å². The first-order chi connectivity index (χ1) is 8.27. The molecule has 0 aliphatic heterocycles. The summed E-state index contributed by atoms with van der Waals surface area (Å²) in [6.07, 6.45) is 1.07. The standard InChI is InChI=1S/C15H17NO/c16-14-9-5-4-6-12(14)10-11-15(17)13-7-2-1-3-8-13/h1-9,15,17H,10-11,16H2. The number of aliphatic hydroxyl groups is 1. The van der Waals surface area contributed by atoms with E-state index in [0.717, 1.165) is 23.2 Å². The average Bonchev–Trinajstić information content (AvgIpc) is 2.38. The van der Waals surface area contributed by atoms with Crippen LogP contribution in [0.4, 0.5) is 5.69 Å². The molecule has 0 radical (unpaired) electrons. The molecule has 0 aliphatic carbocycles. The first-order valence-corrected chi connectivity index (χ1v) is 5.84. The minimum Gasteiger partial charge on any atom is -0.399 e. The highest BCUT2D eigenvalue weighted by Crippen LogP contribution is 2.20. The molecule has 0 fully saturated rings. The zero-order valence-electron chi connectivity index (χ0n) is 9.71. The van der Waals surface area contributed by atoms with Crippen LogP contribution in [0.3, 0.4) is 0 Å². The summed E-state index contributed by atoms with van der Waals surface area (Å²) in [7, 11) is 0. The summed E-state index contributed by atoms with van der Waals surface area (Å²) >= 11 is 0. The summed E-state index contributed by atoms with van der Waals surface area (Å²) in [6.45, 7) is 0. The van der Waals surface area contributed by atoms with Crippen LogP contribution < -0.4 is 5.73 Å². The summed E-state index contributed by atoms with van der Waals surface area (Å²) in [5.74, 6) is 0. The van der Waals surface area contributed by atoms with Crippen molar-refractivity contribution in [1.29, 1.82) is 0 Å². The van der Waals surface area contributed by atoms with Crippen molar-refractivity contribution in [2.75, 3.05) is 5.73 Å². The molecule has 0 spiro atoms. The molecule has 0 amide bonds. The Morgan fingerprint density at radius 2 is 1.59 bits per heavy atom. The molecule has 0 saturated heterocycles. The van der Waals surface area contributed by atoms with E-state index >= 15 is 0 Å². The molecule has 1 unspecified atom stereocenters. The van der Waals surface area contributed by atoms with Crippen molar-refractivity contribution < 1.29 is 5.11 Å². The molecular formula is C15H17NO. The van der Waals surface area contributed by atoms with E-state index in [1.54, 1.807) is 0 Å². The molecule has 3 N–H and O–H groups in total. The van der Waals surface area contributed by atoms with Gasteiger partial charge in [0.1, 0.15) is 0 Å². The summed E-state index contributed by atoms with van der Waals surface area (Å²) in [4.78, 5) is 0. The maximum Gasteiger partial charge on any atom is 0.0793 e. The maximum atomic E-state index is 10.0. The third kappa shape index (κ3) is 3.08. The predicted octanol–water partition coefficient (Wildman–Crippen LogP) is 2.94. The SMILES string of the molecule is Nc1ccccc1CCC(O)c1ccccc1. The maximum absolute atomic E-state index is 10.0. The number of anilines is 1. The normalized spacial score (nSPS) is 12.3. The topological polar surface area (TPSA) is 46.2 Å². The lowest BCUT2D eigenvalue weighted by Gasteiger charge is -2.11. The number of nitrogen functional groups attached to an aromatic ring is 1. The van der Waals surface area contributed by atoms with Gasteiger partial charge in [-0.15, -0.1) is 0 Å². The molecule has 17 heavy (non-hydrogen) atoms. The molecule has 1 atom stereocenters. The highest BCUT2D eigenvalue weighted by atomic mass is 16.3. The number of para-hydroxylation sites is 1. The Bertz CT molecular complexity index is 467. The summed E-state index contributed by atoms with van der Waals surface area (Å²) in [6, 6.07) is 17.5. The van der Waals surface area contributed by atoms with Crippen molar-refractivity contribution in [3.8, 4) is 0 Å². The number of aryl methyl sites for hydroxylation is 1. The number of rotatable bonds is 4. The van der Waals surface area contributed by atoms with Crippen molar-refractivity contribution in [2.45, 2.75) is 18.9 Å². The number of hydrogen-bond donors (Lipinski definition) is 2. The van der Waals surface area contributed by atoms with Crippen molar-refractivity contribution in [3.63, 3.8) is 0 Å².